The molecule has 0 aliphatic heterocycles. The maximum Gasteiger partial charge on any atom is 0.289 e. The van der Waals surface area contributed by atoms with Crippen molar-refractivity contribution in [2.75, 3.05) is 23.7 Å². The summed E-state index contributed by atoms with van der Waals surface area (Å²) in [6, 6.07) is 12.1. The Bertz CT molecular complexity index is 805. The fourth-order valence-electron chi connectivity index (χ4n) is 2.06. The molecular weight excluding hydrogens is 306 g/mol. The molecule has 0 fully saturated rings. The van der Waals surface area contributed by atoms with Crippen molar-refractivity contribution in [3.8, 4) is 0 Å². The first-order chi connectivity index (χ1) is 10.4. The van der Waals surface area contributed by atoms with Gasteiger partial charge in [-0.05, 0) is 18.2 Å². The molecule has 0 atom stereocenters. The second-order valence-corrected chi connectivity index (χ2v) is 6.40. The predicted octanol–water partition coefficient (Wildman–Crippen LogP) is 2.46. The van der Waals surface area contributed by atoms with E-state index >= 15 is 0 Å². The summed E-state index contributed by atoms with van der Waals surface area (Å²) in [6.07, 6.45) is 0. The molecule has 8 heteroatoms. The van der Waals surface area contributed by atoms with Crippen LogP contribution in [-0.2, 0) is 10.0 Å². The first kappa shape index (κ1) is 15.8. The average Bonchev–Trinajstić information content (AvgIpc) is 2.54. The lowest BCUT2D eigenvalue weighted by atomic mass is 10.2. The number of hydrogen-bond donors (Lipinski definition) is 1. The van der Waals surface area contributed by atoms with E-state index in [9.17, 15) is 18.5 Å². The largest absolute Gasteiger partial charge is 0.386 e. The maximum absolute atomic E-state index is 12.7. The van der Waals surface area contributed by atoms with E-state index < -0.39 is 20.6 Å². The van der Waals surface area contributed by atoms with Crippen LogP contribution in [0.25, 0.3) is 0 Å². The number of rotatable bonds is 5. The lowest BCUT2D eigenvalue weighted by molar-refractivity contribution is -0.387. The van der Waals surface area contributed by atoms with Gasteiger partial charge in [-0.25, -0.2) is 8.42 Å². The number of benzene rings is 2. The highest BCUT2D eigenvalue weighted by Gasteiger charge is 2.30. The normalized spacial score (nSPS) is 11.0. The van der Waals surface area contributed by atoms with Gasteiger partial charge in [0, 0.05) is 20.2 Å². The van der Waals surface area contributed by atoms with Gasteiger partial charge in [-0.2, -0.15) is 0 Å². The Labute approximate surface area is 128 Å². The zero-order valence-corrected chi connectivity index (χ0v) is 12.9. The van der Waals surface area contributed by atoms with E-state index in [1.54, 1.807) is 31.3 Å². The molecule has 0 saturated heterocycles. The molecule has 0 aromatic heterocycles. The molecule has 0 unspecified atom stereocenters. The third kappa shape index (κ3) is 2.73. The van der Waals surface area contributed by atoms with E-state index in [0.717, 1.165) is 4.31 Å². The Morgan fingerprint density at radius 3 is 2.32 bits per heavy atom. The molecule has 0 amide bonds. The fourth-order valence-corrected chi connectivity index (χ4v) is 3.43. The Morgan fingerprint density at radius 1 is 1.09 bits per heavy atom. The molecule has 22 heavy (non-hydrogen) atoms. The molecule has 7 nitrogen and oxygen atoms in total. The monoisotopic (exact) mass is 321 g/mol. The van der Waals surface area contributed by atoms with Crippen LogP contribution in [-0.4, -0.2) is 27.4 Å². The lowest BCUT2D eigenvalue weighted by Crippen LogP contribution is -2.27. The number of nitrogens with zero attached hydrogens (tertiary/aromatic N) is 2. The molecule has 0 bridgehead atoms. The predicted molar refractivity (Wildman–Crippen MR) is 84.7 cm³/mol. The Balaban J connectivity index is 2.58. The summed E-state index contributed by atoms with van der Waals surface area (Å²) >= 11 is 0. The van der Waals surface area contributed by atoms with Crippen LogP contribution < -0.4 is 9.62 Å². The highest BCUT2D eigenvalue weighted by Crippen LogP contribution is 2.32. The number of sulfonamides is 1. The van der Waals surface area contributed by atoms with Crippen molar-refractivity contribution in [3.05, 3.63) is 58.6 Å². The Hall–Kier alpha value is -2.61. The fraction of sp³-hybridized carbons (Fsp3) is 0.143. The zero-order valence-electron chi connectivity index (χ0n) is 12.1. The van der Waals surface area contributed by atoms with Gasteiger partial charge in [0.2, 0.25) is 0 Å². The van der Waals surface area contributed by atoms with Gasteiger partial charge in [-0.3, -0.25) is 14.4 Å². The van der Waals surface area contributed by atoms with E-state index in [1.807, 2.05) is 0 Å². The molecule has 2 aromatic carbocycles. The number of anilines is 2. The second kappa shape index (κ2) is 6.02. The molecule has 1 N–H and O–H groups in total. The Kier molecular flexibility index (Phi) is 4.32. The van der Waals surface area contributed by atoms with Gasteiger partial charge in [0.05, 0.1) is 16.3 Å². The van der Waals surface area contributed by atoms with E-state index in [1.165, 1.54) is 31.3 Å². The molecule has 116 valence electrons. The van der Waals surface area contributed by atoms with Crippen LogP contribution in [0.1, 0.15) is 0 Å². The van der Waals surface area contributed by atoms with Gasteiger partial charge < -0.3 is 5.32 Å². The minimum absolute atomic E-state index is 0.339. The van der Waals surface area contributed by atoms with Gasteiger partial charge in [-0.1, -0.05) is 24.3 Å². The van der Waals surface area contributed by atoms with Crippen molar-refractivity contribution in [2.24, 2.45) is 0 Å². The first-order valence-electron chi connectivity index (χ1n) is 6.38. The SMILES string of the molecule is CNc1ccccc1N(C)S(=O)(=O)c1ccccc1[N+](=O)[O-]. The number of nitrogens with one attached hydrogen (secondary N) is 1. The van der Waals surface area contributed by atoms with E-state index in [4.69, 9.17) is 0 Å². The lowest BCUT2D eigenvalue weighted by Gasteiger charge is -2.22. The number of para-hydroxylation sites is 3. The maximum atomic E-state index is 12.7. The van der Waals surface area contributed by atoms with Gasteiger partial charge >= 0.3 is 0 Å². The van der Waals surface area contributed by atoms with Crippen LogP contribution in [0.3, 0.4) is 0 Å². The van der Waals surface area contributed by atoms with Crippen LogP contribution in [0.5, 0.6) is 0 Å². The van der Waals surface area contributed by atoms with Crippen LogP contribution in [0.4, 0.5) is 17.1 Å². The van der Waals surface area contributed by atoms with Gasteiger partial charge in [-0.15, -0.1) is 0 Å². The van der Waals surface area contributed by atoms with Crippen LogP contribution in [0.15, 0.2) is 53.4 Å². The van der Waals surface area contributed by atoms with Gasteiger partial charge in [0.15, 0.2) is 4.90 Å². The number of hydrogen-bond acceptors (Lipinski definition) is 5. The Morgan fingerprint density at radius 2 is 1.68 bits per heavy atom. The summed E-state index contributed by atoms with van der Waals surface area (Å²) in [7, 11) is -1.01. The van der Waals surface area contributed by atoms with E-state index in [-0.39, 0.29) is 4.90 Å². The molecule has 0 aliphatic carbocycles. The van der Waals surface area contributed by atoms with E-state index in [0.29, 0.717) is 11.4 Å². The van der Waals surface area contributed by atoms with Crippen molar-refractivity contribution < 1.29 is 13.3 Å². The molecule has 0 spiro atoms. The summed E-state index contributed by atoms with van der Waals surface area (Å²) in [4.78, 5) is 10.0. The minimum Gasteiger partial charge on any atom is -0.386 e. The molecule has 0 saturated carbocycles. The van der Waals surface area contributed by atoms with Gasteiger partial charge in [0.25, 0.3) is 15.7 Å². The molecule has 0 heterocycles. The molecular formula is C14H15N3O4S. The smallest absolute Gasteiger partial charge is 0.289 e. The topological polar surface area (TPSA) is 92.6 Å². The summed E-state index contributed by atoms with van der Waals surface area (Å²) in [5.74, 6) is 0. The van der Waals surface area contributed by atoms with Crippen molar-refractivity contribution >= 4 is 27.1 Å². The van der Waals surface area contributed by atoms with Crippen LogP contribution >= 0.6 is 0 Å². The van der Waals surface area contributed by atoms with Gasteiger partial charge in [0.1, 0.15) is 0 Å². The van der Waals surface area contributed by atoms with Crippen molar-refractivity contribution in [1.29, 1.82) is 0 Å². The zero-order chi connectivity index (χ0) is 16.3. The summed E-state index contributed by atoms with van der Waals surface area (Å²) in [5, 5.41) is 14.0. The molecule has 2 aromatic rings. The first-order valence-corrected chi connectivity index (χ1v) is 7.82. The number of nitro benzene ring substituents is 1. The minimum atomic E-state index is -4.05. The van der Waals surface area contributed by atoms with Crippen LogP contribution in [0, 0.1) is 10.1 Å². The highest BCUT2D eigenvalue weighted by molar-refractivity contribution is 7.93. The average molecular weight is 321 g/mol. The second-order valence-electron chi connectivity index (χ2n) is 4.46. The van der Waals surface area contributed by atoms with Crippen molar-refractivity contribution in [2.45, 2.75) is 4.90 Å². The van der Waals surface area contributed by atoms with E-state index in [2.05, 4.69) is 5.32 Å². The third-order valence-corrected chi connectivity index (χ3v) is 5.03. The molecule has 0 radical (unpaired) electrons. The molecule has 2 rings (SSSR count). The van der Waals surface area contributed by atoms with Crippen molar-refractivity contribution in [3.63, 3.8) is 0 Å². The highest BCUT2D eigenvalue weighted by atomic mass is 32.2. The van der Waals surface area contributed by atoms with Crippen LogP contribution in [0.2, 0.25) is 0 Å². The quantitative estimate of drug-likeness (QED) is 0.674. The van der Waals surface area contributed by atoms with Crippen molar-refractivity contribution in [1.82, 2.24) is 0 Å². The standard InChI is InChI=1S/C14H15N3O4S/c1-15-11-7-3-4-8-12(11)16(2)22(20,21)14-10-6-5-9-13(14)17(18)19/h3-10,15H,1-2H3. The summed E-state index contributed by atoms with van der Waals surface area (Å²) in [6.45, 7) is 0. The summed E-state index contributed by atoms with van der Waals surface area (Å²) in [5.41, 5.74) is 0.562. The third-order valence-electron chi connectivity index (χ3n) is 3.21. The summed E-state index contributed by atoms with van der Waals surface area (Å²) < 4.78 is 26.5. The molecule has 0 aliphatic rings. The number of nitro groups is 1.